The Morgan fingerprint density at radius 3 is 1.71 bits per heavy atom. The number of methoxy groups -OCH3 is 2. The number of carbonyl (C=O) groups is 2. The molecule has 202 valence electrons. The zero-order chi connectivity index (χ0) is 27.4. The summed E-state index contributed by atoms with van der Waals surface area (Å²) in [6.45, 7) is 2.26. The molecule has 0 heterocycles. The van der Waals surface area contributed by atoms with Crippen LogP contribution in [0.15, 0.2) is 78.9 Å². The van der Waals surface area contributed by atoms with Crippen LogP contribution in [0.5, 0.6) is 11.5 Å². The second-order valence-electron chi connectivity index (χ2n) is 8.73. The molecule has 3 N–H and O–H groups in total. The van der Waals surface area contributed by atoms with Gasteiger partial charge in [0.15, 0.2) is 0 Å². The molecule has 1 atom stereocenters. The van der Waals surface area contributed by atoms with Gasteiger partial charge in [-0.3, -0.25) is 9.59 Å². The second kappa shape index (κ2) is 14.2. The standard InChI is InChI=1S/C30H36N2O6/c1-4-31-28(34)18-19-29(35)32-20-25(33)21-38-30(22-8-6-5-7-9-22,23-10-14-26(36-2)15-11-23)24-12-16-27(37-3)17-13-24/h5-17,25,33H,4,18-21H2,1-3H3,(H,31,34)(H,32,35). The number of hydrogen-bond acceptors (Lipinski definition) is 6. The lowest BCUT2D eigenvalue weighted by molar-refractivity contribution is -0.126. The van der Waals surface area contributed by atoms with Gasteiger partial charge in [-0.25, -0.2) is 0 Å². The predicted octanol–water partition coefficient (Wildman–Crippen LogP) is 3.41. The number of benzene rings is 3. The summed E-state index contributed by atoms with van der Waals surface area (Å²) in [6.07, 6.45) is -0.841. The minimum Gasteiger partial charge on any atom is -0.497 e. The van der Waals surface area contributed by atoms with E-state index in [9.17, 15) is 14.7 Å². The van der Waals surface area contributed by atoms with Crippen molar-refractivity contribution in [2.75, 3.05) is 33.9 Å². The monoisotopic (exact) mass is 520 g/mol. The maximum Gasteiger partial charge on any atom is 0.220 e. The number of ether oxygens (including phenoxy) is 3. The second-order valence-corrected chi connectivity index (χ2v) is 8.73. The van der Waals surface area contributed by atoms with Gasteiger partial charge in [-0.05, 0) is 47.9 Å². The normalized spacial score (nSPS) is 11.9. The smallest absolute Gasteiger partial charge is 0.220 e. The van der Waals surface area contributed by atoms with Gasteiger partial charge in [0.25, 0.3) is 0 Å². The zero-order valence-electron chi connectivity index (χ0n) is 22.1. The van der Waals surface area contributed by atoms with Crippen LogP contribution < -0.4 is 20.1 Å². The predicted molar refractivity (Wildman–Crippen MR) is 145 cm³/mol. The van der Waals surface area contributed by atoms with Gasteiger partial charge in [0.05, 0.1) is 26.9 Å². The van der Waals surface area contributed by atoms with Gasteiger partial charge in [-0.2, -0.15) is 0 Å². The topological polar surface area (TPSA) is 106 Å². The Morgan fingerprint density at radius 2 is 1.24 bits per heavy atom. The molecule has 0 aliphatic heterocycles. The van der Waals surface area contributed by atoms with Gasteiger partial charge < -0.3 is 30.0 Å². The van der Waals surface area contributed by atoms with Crippen molar-refractivity contribution < 1.29 is 28.9 Å². The fourth-order valence-electron chi connectivity index (χ4n) is 4.19. The van der Waals surface area contributed by atoms with Crippen LogP contribution in [-0.2, 0) is 19.9 Å². The molecule has 3 rings (SSSR count). The van der Waals surface area contributed by atoms with Crippen LogP contribution in [0.3, 0.4) is 0 Å². The number of aliphatic hydroxyl groups is 1. The van der Waals surface area contributed by atoms with Crippen molar-refractivity contribution in [1.82, 2.24) is 10.6 Å². The first-order valence-corrected chi connectivity index (χ1v) is 12.6. The lowest BCUT2D eigenvalue weighted by Crippen LogP contribution is -2.40. The van der Waals surface area contributed by atoms with Crippen molar-refractivity contribution in [2.24, 2.45) is 0 Å². The first kappa shape index (κ1) is 28.7. The SMILES string of the molecule is CCNC(=O)CCC(=O)NCC(O)COC(c1ccccc1)(c1ccc(OC)cc1)c1ccc(OC)cc1. The van der Waals surface area contributed by atoms with Crippen LogP contribution in [-0.4, -0.2) is 56.9 Å². The third kappa shape index (κ3) is 7.34. The summed E-state index contributed by atoms with van der Waals surface area (Å²) < 4.78 is 17.3. The molecular weight excluding hydrogens is 484 g/mol. The van der Waals surface area contributed by atoms with E-state index in [1.54, 1.807) is 14.2 Å². The Bertz CT molecular complexity index is 1100. The largest absolute Gasteiger partial charge is 0.497 e. The quantitative estimate of drug-likeness (QED) is 0.281. The summed E-state index contributed by atoms with van der Waals surface area (Å²) in [5.41, 5.74) is 1.48. The average Bonchev–Trinajstić information content (AvgIpc) is 2.96. The summed E-state index contributed by atoms with van der Waals surface area (Å²) >= 11 is 0. The Balaban J connectivity index is 1.86. The van der Waals surface area contributed by atoms with E-state index < -0.39 is 11.7 Å². The van der Waals surface area contributed by atoms with Gasteiger partial charge in [-0.1, -0.05) is 54.6 Å². The van der Waals surface area contributed by atoms with Crippen molar-refractivity contribution in [3.63, 3.8) is 0 Å². The molecule has 0 aromatic heterocycles. The summed E-state index contributed by atoms with van der Waals surface area (Å²) in [5.74, 6) is 0.926. The highest BCUT2D eigenvalue weighted by molar-refractivity contribution is 5.83. The van der Waals surface area contributed by atoms with Gasteiger partial charge >= 0.3 is 0 Å². The van der Waals surface area contributed by atoms with Crippen molar-refractivity contribution in [3.05, 3.63) is 95.6 Å². The highest BCUT2D eigenvalue weighted by Gasteiger charge is 2.38. The van der Waals surface area contributed by atoms with Crippen molar-refractivity contribution in [2.45, 2.75) is 31.5 Å². The summed E-state index contributed by atoms with van der Waals surface area (Å²) in [6, 6.07) is 25.0. The highest BCUT2D eigenvalue weighted by Crippen LogP contribution is 2.41. The maximum absolute atomic E-state index is 12.2. The van der Waals surface area contributed by atoms with Crippen LogP contribution >= 0.6 is 0 Å². The van der Waals surface area contributed by atoms with Crippen molar-refractivity contribution >= 4 is 11.8 Å². The molecule has 8 heteroatoms. The van der Waals surface area contributed by atoms with Crippen LogP contribution in [0.1, 0.15) is 36.5 Å². The fraction of sp³-hybridized carbons (Fsp3) is 0.333. The number of aliphatic hydroxyl groups excluding tert-OH is 1. The molecule has 0 saturated carbocycles. The molecule has 0 spiro atoms. The lowest BCUT2D eigenvalue weighted by Gasteiger charge is -2.36. The molecule has 0 radical (unpaired) electrons. The van der Waals surface area contributed by atoms with E-state index in [1.807, 2.05) is 85.8 Å². The number of rotatable bonds is 14. The molecule has 8 nitrogen and oxygen atoms in total. The first-order valence-electron chi connectivity index (χ1n) is 12.6. The van der Waals surface area contributed by atoms with Crippen molar-refractivity contribution in [1.29, 1.82) is 0 Å². The number of hydrogen-bond donors (Lipinski definition) is 3. The van der Waals surface area contributed by atoms with Crippen molar-refractivity contribution in [3.8, 4) is 11.5 Å². The third-order valence-electron chi connectivity index (χ3n) is 6.15. The molecule has 3 aromatic carbocycles. The van der Waals surface area contributed by atoms with Crippen LogP contribution in [0, 0.1) is 0 Å². The molecule has 3 aromatic rings. The fourth-order valence-corrected chi connectivity index (χ4v) is 4.19. The Morgan fingerprint density at radius 1 is 0.763 bits per heavy atom. The number of carbonyl (C=O) groups excluding carboxylic acids is 2. The molecule has 0 aliphatic carbocycles. The van der Waals surface area contributed by atoms with E-state index in [-0.39, 0.29) is 37.8 Å². The highest BCUT2D eigenvalue weighted by atomic mass is 16.5. The number of nitrogens with one attached hydrogen (secondary N) is 2. The zero-order valence-corrected chi connectivity index (χ0v) is 22.1. The minimum atomic E-state index is -1.07. The number of amides is 2. The van der Waals surface area contributed by atoms with E-state index in [1.165, 1.54) is 0 Å². The van der Waals surface area contributed by atoms with Gasteiger partial charge in [-0.15, -0.1) is 0 Å². The van der Waals surface area contributed by atoms with E-state index in [0.29, 0.717) is 18.0 Å². The Hall–Kier alpha value is -3.88. The summed E-state index contributed by atoms with van der Waals surface area (Å²) in [5, 5.41) is 16.1. The van der Waals surface area contributed by atoms with E-state index in [0.717, 1.165) is 16.7 Å². The van der Waals surface area contributed by atoms with Crippen LogP contribution in [0.25, 0.3) is 0 Å². The van der Waals surface area contributed by atoms with Gasteiger partial charge in [0.2, 0.25) is 11.8 Å². The Kier molecular flexibility index (Phi) is 10.7. The van der Waals surface area contributed by atoms with Gasteiger partial charge in [0.1, 0.15) is 17.1 Å². The molecular formula is C30H36N2O6. The summed E-state index contributed by atoms with van der Waals surface area (Å²) in [4.78, 5) is 23.8. The molecule has 38 heavy (non-hydrogen) atoms. The van der Waals surface area contributed by atoms with Crippen LogP contribution in [0.2, 0.25) is 0 Å². The summed E-state index contributed by atoms with van der Waals surface area (Å²) in [7, 11) is 3.22. The van der Waals surface area contributed by atoms with Gasteiger partial charge in [0, 0.05) is 25.9 Å². The molecule has 0 saturated heterocycles. The lowest BCUT2D eigenvalue weighted by atomic mass is 9.80. The maximum atomic E-state index is 12.2. The minimum absolute atomic E-state index is 0.00960. The van der Waals surface area contributed by atoms with E-state index >= 15 is 0 Å². The average molecular weight is 521 g/mol. The molecule has 2 amide bonds. The molecule has 0 bridgehead atoms. The molecule has 0 aliphatic rings. The van der Waals surface area contributed by atoms with E-state index in [2.05, 4.69) is 10.6 Å². The third-order valence-corrected chi connectivity index (χ3v) is 6.15. The first-order chi connectivity index (χ1) is 18.4. The van der Waals surface area contributed by atoms with Crippen LogP contribution in [0.4, 0.5) is 0 Å². The van der Waals surface area contributed by atoms with E-state index in [4.69, 9.17) is 14.2 Å². The molecule has 0 fully saturated rings. The molecule has 1 unspecified atom stereocenters. The Labute approximate surface area is 223 Å².